The Labute approximate surface area is 113 Å². The van der Waals surface area contributed by atoms with Crippen molar-refractivity contribution in [3.8, 4) is 0 Å². The van der Waals surface area contributed by atoms with Gasteiger partial charge < -0.3 is 15.2 Å². The first kappa shape index (κ1) is 17.4. The summed E-state index contributed by atoms with van der Waals surface area (Å²) in [5.74, 6) is -3.71. The molecule has 0 bridgehead atoms. The van der Waals surface area contributed by atoms with E-state index in [0.717, 1.165) is 0 Å². The molecule has 0 saturated heterocycles. The van der Waals surface area contributed by atoms with Crippen LogP contribution in [0.1, 0.15) is 48.0 Å². The van der Waals surface area contributed by atoms with E-state index in [1.54, 1.807) is 41.5 Å². The molecule has 0 rings (SSSR count). The second-order valence-corrected chi connectivity index (χ2v) is 6.28. The van der Waals surface area contributed by atoms with Crippen molar-refractivity contribution in [1.29, 1.82) is 0 Å². The van der Waals surface area contributed by atoms with E-state index in [4.69, 9.17) is 15.2 Å². The molecule has 0 aromatic carbocycles. The van der Waals surface area contributed by atoms with E-state index in [9.17, 15) is 14.4 Å². The molecule has 0 spiro atoms. The number of hydrogen-bond acceptors (Lipinski definition) is 5. The molecular weight excluding hydrogens is 250 g/mol. The third-order valence-electron chi connectivity index (χ3n) is 1.83. The number of ether oxygens (including phenoxy) is 2. The molecule has 0 heterocycles. The lowest BCUT2D eigenvalue weighted by Gasteiger charge is -2.24. The van der Waals surface area contributed by atoms with Gasteiger partial charge in [0.2, 0.25) is 5.91 Å². The third kappa shape index (κ3) is 8.18. The van der Waals surface area contributed by atoms with Gasteiger partial charge in [0.15, 0.2) is 0 Å². The lowest BCUT2D eigenvalue weighted by Crippen LogP contribution is -2.38. The highest BCUT2D eigenvalue weighted by Crippen LogP contribution is 2.16. The van der Waals surface area contributed by atoms with Crippen LogP contribution in [0.4, 0.5) is 0 Å². The molecule has 6 nitrogen and oxygen atoms in total. The van der Waals surface area contributed by atoms with Crippen LogP contribution < -0.4 is 5.73 Å². The van der Waals surface area contributed by atoms with E-state index in [-0.39, 0.29) is 0 Å². The molecule has 2 N–H and O–H groups in total. The molecule has 0 radical (unpaired) electrons. The van der Waals surface area contributed by atoms with Crippen molar-refractivity contribution in [2.24, 2.45) is 11.7 Å². The van der Waals surface area contributed by atoms with Gasteiger partial charge in [0.05, 0.1) is 6.42 Å². The van der Waals surface area contributed by atoms with Gasteiger partial charge in [-0.2, -0.15) is 0 Å². The first-order valence-electron chi connectivity index (χ1n) is 6.06. The second-order valence-electron chi connectivity index (χ2n) is 6.28. The summed E-state index contributed by atoms with van der Waals surface area (Å²) in [5.41, 5.74) is 3.68. The van der Waals surface area contributed by atoms with Crippen LogP contribution in [-0.4, -0.2) is 29.0 Å². The maximum atomic E-state index is 11.8. The maximum absolute atomic E-state index is 11.8. The number of nitrogens with two attached hydrogens (primary N) is 1. The van der Waals surface area contributed by atoms with E-state index < -0.39 is 41.4 Å². The van der Waals surface area contributed by atoms with E-state index in [0.29, 0.717) is 0 Å². The number of rotatable bonds is 4. The van der Waals surface area contributed by atoms with Crippen molar-refractivity contribution in [1.82, 2.24) is 0 Å². The van der Waals surface area contributed by atoms with Gasteiger partial charge in [-0.3, -0.25) is 14.4 Å². The average Bonchev–Trinajstić information content (AvgIpc) is 2.07. The van der Waals surface area contributed by atoms with Crippen molar-refractivity contribution < 1.29 is 23.9 Å². The Morgan fingerprint density at radius 1 is 0.947 bits per heavy atom. The molecule has 1 atom stereocenters. The Kier molecular flexibility index (Phi) is 5.53. The molecule has 0 aliphatic carbocycles. The summed E-state index contributed by atoms with van der Waals surface area (Å²) in [6, 6.07) is 0. The lowest BCUT2D eigenvalue weighted by molar-refractivity contribution is -0.169. The van der Waals surface area contributed by atoms with Crippen LogP contribution in [0.15, 0.2) is 0 Å². The van der Waals surface area contributed by atoms with E-state index in [1.807, 2.05) is 0 Å². The van der Waals surface area contributed by atoms with Crippen molar-refractivity contribution in [3.05, 3.63) is 0 Å². The van der Waals surface area contributed by atoms with Crippen molar-refractivity contribution in [2.75, 3.05) is 0 Å². The fourth-order valence-electron chi connectivity index (χ4n) is 1.22. The van der Waals surface area contributed by atoms with E-state index >= 15 is 0 Å². The molecule has 0 fully saturated rings. The van der Waals surface area contributed by atoms with Gasteiger partial charge in [-0.1, -0.05) is 0 Å². The molecule has 110 valence electrons. The van der Waals surface area contributed by atoms with Gasteiger partial charge in [0.1, 0.15) is 17.1 Å². The topological polar surface area (TPSA) is 95.7 Å². The van der Waals surface area contributed by atoms with Gasteiger partial charge in [-0.25, -0.2) is 0 Å². The highest BCUT2D eigenvalue weighted by atomic mass is 16.6. The molecular formula is C13H23NO5. The van der Waals surface area contributed by atoms with Crippen molar-refractivity contribution in [2.45, 2.75) is 59.2 Å². The minimum absolute atomic E-state index is 0.415. The molecule has 0 saturated carbocycles. The van der Waals surface area contributed by atoms with Crippen LogP contribution in [0, 0.1) is 5.92 Å². The normalized spacial score (nSPS) is 13.6. The quantitative estimate of drug-likeness (QED) is 0.612. The summed E-state index contributed by atoms with van der Waals surface area (Å²) in [5, 5.41) is 0. The zero-order valence-electron chi connectivity index (χ0n) is 12.4. The summed E-state index contributed by atoms with van der Waals surface area (Å²) >= 11 is 0. The summed E-state index contributed by atoms with van der Waals surface area (Å²) in [7, 11) is 0. The summed E-state index contributed by atoms with van der Waals surface area (Å²) in [6.07, 6.45) is -0.415. The number of carbonyl (C=O) groups excluding carboxylic acids is 3. The van der Waals surface area contributed by atoms with Crippen LogP contribution in [0.5, 0.6) is 0 Å². The minimum Gasteiger partial charge on any atom is -0.460 e. The predicted octanol–water partition coefficient (Wildman–Crippen LogP) is 1.16. The van der Waals surface area contributed by atoms with E-state index in [2.05, 4.69) is 0 Å². The predicted molar refractivity (Wildman–Crippen MR) is 69.0 cm³/mol. The van der Waals surface area contributed by atoms with Crippen LogP contribution in [0.2, 0.25) is 0 Å². The third-order valence-corrected chi connectivity index (χ3v) is 1.83. The molecule has 0 aromatic rings. The molecule has 19 heavy (non-hydrogen) atoms. The number of esters is 2. The van der Waals surface area contributed by atoms with Gasteiger partial charge in [-0.15, -0.1) is 0 Å². The fourth-order valence-corrected chi connectivity index (χ4v) is 1.22. The first-order valence-corrected chi connectivity index (χ1v) is 6.06. The Bertz CT molecular complexity index is 362. The SMILES string of the molecule is CC(C)(C)OC(=O)CC(C(N)=O)C(=O)OC(C)(C)C. The van der Waals surface area contributed by atoms with Gasteiger partial charge in [0, 0.05) is 0 Å². The smallest absolute Gasteiger partial charge is 0.319 e. The summed E-state index contributed by atoms with van der Waals surface area (Å²) < 4.78 is 10.1. The van der Waals surface area contributed by atoms with Gasteiger partial charge >= 0.3 is 11.9 Å². The molecule has 0 aliphatic rings. The Morgan fingerprint density at radius 3 is 1.68 bits per heavy atom. The van der Waals surface area contributed by atoms with Crippen molar-refractivity contribution in [3.63, 3.8) is 0 Å². The molecule has 0 aromatic heterocycles. The second kappa shape index (κ2) is 6.04. The van der Waals surface area contributed by atoms with Crippen LogP contribution in [0.3, 0.4) is 0 Å². The fraction of sp³-hybridized carbons (Fsp3) is 0.769. The Hall–Kier alpha value is -1.59. The standard InChI is InChI=1S/C13H23NO5/c1-12(2,3)18-9(15)7-8(10(14)16)11(17)19-13(4,5)6/h8H,7H2,1-6H3,(H2,14,16). The maximum Gasteiger partial charge on any atom is 0.319 e. The zero-order valence-corrected chi connectivity index (χ0v) is 12.4. The highest BCUT2D eigenvalue weighted by molar-refractivity contribution is 5.99. The lowest BCUT2D eigenvalue weighted by atomic mass is 10.0. The van der Waals surface area contributed by atoms with E-state index in [1.165, 1.54) is 0 Å². The average molecular weight is 273 g/mol. The highest BCUT2D eigenvalue weighted by Gasteiger charge is 2.33. The number of carbonyl (C=O) groups is 3. The summed E-state index contributed by atoms with van der Waals surface area (Å²) in [4.78, 5) is 34.6. The number of hydrogen-bond donors (Lipinski definition) is 1. The monoisotopic (exact) mass is 273 g/mol. The summed E-state index contributed by atoms with van der Waals surface area (Å²) in [6.45, 7) is 10.1. The number of amides is 1. The number of primary amides is 1. The Morgan fingerprint density at radius 2 is 1.37 bits per heavy atom. The Balaban J connectivity index is 4.72. The first-order chi connectivity index (χ1) is 8.32. The van der Waals surface area contributed by atoms with Crippen LogP contribution in [0.25, 0.3) is 0 Å². The van der Waals surface area contributed by atoms with Crippen molar-refractivity contribution >= 4 is 17.8 Å². The van der Waals surface area contributed by atoms with Gasteiger partial charge in [-0.05, 0) is 41.5 Å². The molecule has 6 heteroatoms. The molecule has 1 amide bonds. The van der Waals surface area contributed by atoms with Crippen LogP contribution >= 0.6 is 0 Å². The largest absolute Gasteiger partial charge is 0.460 e. The molecule has 0 aliphatic heterocycles. The molecule has 1 unspecified atom stereocenters. The van der Waals surface area contributed by atoms with Crippen LogP contribution in [-0.2, 0) is 23.9 Å². The zero-order chi connectivity index (χ0) is 15.4. The van der Waals surface area contributed by atoms with Gasteiger partial charge in [0.25, 0.3) is 0 Å². The minimum atomic E-state index is -1.32.